The first-order valence-electron chi connectivity index (χ1n) is 5.15. The van der Waals surface area contributed by atoms with Crippen molar-refractivity contribution >= 4 is 12.0 Å². The van der Waals surface area contributed by atoms with E-state index >= 15 is 0 Å². The van der Waals surface area contributed by atoms with Crippen LogP contribution in [0.3, 0.4) is 0 Å². The van der Waals surface area contributed by atoms with Crippen molar-refractivity contribution in [1.29, 1.82) is 0 Å². The van der Waals surface area contributed by atoms with Gasteiger partial charge in [-0.05, 0) is 0 Å². The second kappa shape index (κ2) is 7.57. The van der Waals surface area contributed by atoms with Gasteiger partial charge in [0.25, 0.3) is 0 Å². The number of amides is 2. The van der Waals surface area contributed by atoms with E-state index in [4.69, 9.17) is 0 Å². The van der Waals surface area contributed by atoms with Gasteiger partial charge in [-0.3, -0.25) is 0 Å². The van der Waals surface area contributed by atoms with E-state index in [-0.39, 0.29) is 13.2 Å². The van der Waals surface area contributed by atoms with Crippen LogP contribution in [0.1, 0.15) is 6.92 Å². The van der Waals surface area contributed by atoms with Gasteiger partial charge in [0.1, 0.15) is 6.61 Å². The molecule has 0 aromatic heterocycles. The van der Waals surface area contributed by atoms with Crippen molar-refractivity contribution in [1.82, 2.24) is 10.6 Å². The molecule has 1 atom stereocenters. The number of carbonyl (C=O) groups is 2. The molecule has 0 saturated carbocycles. The Morgan fingerprint density at radius 1 is 1.39 bits per heavy atom. The van der Waals surface area contributed by atoms with Gasteiger partial charge in [-0.25, -0.2) is 9.59 Å². The topological polar surface area (TPSA) is 67.4 Å². The van der Waals surface area contributed by atoms with Gasteiger partial charge < -0.3 is 15.4 Å². The summed E-state index contributed by atoms with van der Waals surface area (Å²) in [5.41, 5.74) is 0. The highest BCUT2D eigenvalue weighted by atomic mass is 19.4. The lowest BCUT2D eigenvalue weighted by Crippen LogP contribution is -2.41. The van der Waals surface area contributed by atoms with E-state index in [1.807, 2.05) is 0 Å². The van der Waals surface area contributed by atoms with Crippen molar-refractivity contribution in [3.63, 3.8) is 0 Å². The van der Waals surface area contributed by atoms with Crippen molar-refractivity contribution in [3.05, 3.63) is 12.7 Å². The van der Waals surface area contributed by atoms with Crippen molar-refractivity contribution in [2.75, 3.05) is 19.7 Å². The zero-order chi connectivity index (χ0) is 14.2. The number of halogens is 3. The number of urea groups is 1. The first kappa shape index (κ1) is 16.3. The molecule has 0 aliphatic rings. The first-order valence-corrected chi connectivity index (χ1v) is 5.15. The summed E-state index contributed by atoms with van der Waals surface area (Å²) < 4.78 is 40.8. The van der Waals surface area contributed by atoms with Gasteiger partial charge in [0.2, 0.25) is 0 Å². The fourth-order valence-corrected chi connectivity index (χ4v) is 0.799. The minimum Gasteiger partial charge on any atom is -0.461 e. The van der Waals surface area contributed by atoms with E-state index in [9.17, 15) is 22.8 Å². The standard InChI is InChI=1S/C10H15F3N2O3/c1-3-8(16)18-5-4-14-9(17)15-6-7(2)10(11,12)13/h3,7H,1,4-6H2,2H3,(H2,14,15,17). The third kappa shape index (κ3) is 7.53. The lowest BCUT2D eigenvalue weighted by molar-refractivity contribution is -0.167. The Kier molecular flexibility index (Phi) is 6.84. The molecule has 0 aliphatic carbocycles. The van der Waals surface area contributed by atoms with Gasteiger partial charge in [-0.15, -0.1) is 0 Å². The predicted molar refractivity (Wildman–Crippen MR) is 57.8 cm³/mol. The fourth-order valence-electron chi connectivity index (χ4n) is 0.799. The molecule has 0 heterocycles. The molecule has 0 radical (unpaired) electrons. The maximum absolute atomic E-state index is 12.1. The number of hydrogen-bond acceptors (Lipinski definition) is 3. The average molecular weight is 268 g/mol. The Hall–Kier alpha value is -1.73. The monoisotopic (exact) mass is 268 g/mol. The molecule has 0 aromatic rings. The average Bonchev–Trinajstić information content (AvgIpc) is 2.29. The zero-order valence-electron chi connectivity index (χ0n) is 9.84. The number of esters is 1. The summed E-state index contributed by atoms with van der Waals surface area (Å²) in [5, 5.41) is 4.30. The summed E-state index contributed by atoms with van der Waals surface area (Å²) in [5.74, 6) is -2.26. The molecule has 0 aliphatic heterocycles. The van der Waals surface area contributed by atoms with Crippen LogP contribution >= 0.6 is 0 Å². The van der Waals surface area contributed by atoms with Crippen LogP contribution < -0.4 is 10.6 Å². The quantitative estimate of drug-likeness (QED) is 0.432. The van der Waals surface area contributed by atoms with Crippen LogP contribution in [0.25, 0.3) is 0 Å². The summed E-state index contributed by atoms with van der Waals surface area (Å²) in [6.45, 7) is 3.55. The van der Waals surface area contributed by atoms with Crippen LogP contribution in [0.4, 0.5) is 18.0 Å². The fraction of sp³-hybridized carbons (Fsp3) is 0.600. The molecular weight excluding hydrogens is 253 g/mol. The highest BCUT2D eigenvalue weighted by Crippen LogP contribution is 2.24. The molecule has 2 amide bonds. The van der Waals surface area contributed by atoms with Gasteiger partial charge in [0.05, 0.1) is 12.5 Å². The van der Waals surface area contributed by atoms with E-state index in [0.29, 0.717) is 0 Å². The lowest BCUT2D eigenvalue weighted by Gasteiger charge is -2.16. The van der Waals surface area contributed by atoms with Gasteiger partial charge in [-0.1, -0.05) is 13.5 Å². The molecule has 104 valence electrons. The number of alkyl halides is 3. The number of hydrogen-bond donors (Lipinski definition) is 2. The molecule has 18 heavy (non-hydrogen) atoms. The van der Waals surface area contributed by atoms with Crippen LogP contribution in [-0.2, 0) is 9.53 Å². The van der Waals surface area contributed by atoms with Gasteiger partial charge in [0.15, 0.2) is 0 Å². The molecule has 0 rings (SSSR count). The number of rotatable bonds is 6. The third-order valence-corrected chi connectivity index (χ3v) is 1.93. The second-order valence-electron chi connectivity index (χ2n) is 3.45. The summed E-state index contributed by atoms with van der Waals surface area (Å²) >= 11 is 0. The van der Waals surface area contributed by atoms with E-state index < -0.39 is 30.6 Å². The molecule has 0 fully saturated rings. The molecule has 8 heteroatoms. The van der Waals surface area contributed by atoms with Gasteiger partial charge >= 0.3 is 18.2 Å². The molecule has 0 aromatic carbocycles. The largest absolute Gasteiger partial charge is 0.461 e. The molecule has 0 spiro atoms. The summed E-state index contributed by atoms with van der Waals surface area (Å²) in [6, 6.07) is -0.749. The van der Waals surface area contributed by atoms with Crippen LogP contribution in [-0.4, -0.2) is 37.9 Å². The number of ether oxygens (including phenoxy) is 1. The lowest BCUT2D eigenvalue weighted by atomic mass is 10.2. The van der Waals surface area contributed by atoms with Crippen LogP contribution in [0, 0.1) is 5.92 Å². The van der Waals surface area contributed by atoms with E-state index in [2.05, 4.69) is 21.9 Å². The van der Waals surface area contributed by atoms with Crippen LogP contribution in [0.2, 0.25) is 0 Å². The minimum absolute atomic E-state index is 0.00577. The first-order chi connectivity index (χ1) is 8.27. The van der Waals surface area contributed by atoms with Crippen molar-refractivity contribution in [3.8, 4) is 0 Å². The highest BCUT2D eigenvalue weighted by molar-refractivity contribution is 5.81. The van der Waals surface area contributed by atoms with E-state index in [0.717, 1.165) is 13.0 Å². The SMILES string of the molecule is C=CC(=O)OCCNC(=O)NCC(C)C(F)(F)F. The Balaban J connectivity index is 3.67. The summed E-state index contributed by atoms with van der Waals surface area (Å²) in [4.78, 5) is 21.6. The van der Waals surface area contributed by atoms with Crippen molar-refractivity contribution in [2.45, 2.75) is 13.1 Å². The molecule has 5 nitrogen and oxygen atoms in total. The predicted octanol–water partition coefficient (Wildman–Crippen LogP) is 1.21. The third-order valence-electron chi connectivity index (χ3n) is 1.93. The molecule has 2 N–H and O–H groups in total. The second-order valence-corrected chi connectivity index (χ2v) is 3.45. The molecule has 0 bridgehead atoms. The normalized spacial score (nSPS) is 12.4. The maximum Gasteiger partial charge on any atom is 0.393 e. The van der Waals surface area contributed by atoms with Crippen LogP contribution in [0.15, 0.2) is 12.7 Å². The van der Waals surface area contributed by atoms with Gasteiger partial charge in [0, 0.05) is 12.6 Å². The number of carbonyl (C=O) groups excluding carboxylic acids is 2. The summed E-state index contributed by atoms with van der Waals surface area (Å²) in [6.07, 6.45) is -3.38. The molecular formula is C10H15F3N2O3. The highest BCUT2D eigenvalue weighted by Gasteiger charge is 2.35. The van der Waals surface area contributed by atoms with Crippen LogP contribution in [0.5, 0.6) is 0 Å². The number of nitrogens with one attached hydrogen (secondary N) is 2. The summed E-state index contributed by atoms with van der Waals surface area (Å²) in [7, 11) is 0. The zero-order valence-corrected chi connectivity index (χ0v) is 9.84. The Morgan fingerprint density at radius 3 is 2.50 bits per heavy atom. The van der Waals surface area contributed by atoms with E-state index in [1.165, 1.54) is 0 Å². The Labute approximate surface area is 102 Å². The smallest absolute Gasteiger partial charge is 0.393 e. The maximum atomic E-state index is 12.1. The minimum atomic E-state index is -4.34. The van der Waals surface area contributed by atoms with Crippen molar-refractivity contribution in [2.24, 2.45) is 5.92 Å². The van der Waals surface area contributed by atoms with E-state index in [1.54, 1.807) is 0 Å². The molecule has 0 saturated heterocycles. The Morgan fingerprint density at radius 2 is 2.00 bits per heavy atom. The molecule has 1 unspecified atom stereocenters. The Bertz CT molecular complexity index is 305. The van der Waals surface area contributed by atoms with Crippen molar-refractivity contribution < 1.29 is 27.5 Å². The van der Waals surface area contributed by atoms with Gasteiger partial charge in [-0.2, -0.15) is 13.2 Å².